The van der Waals surface area contributed by atoms with Crippen molar-refractivity contribution in [1.29, 1.82) is 0 Å². The molecule has 1 aliphatic carbocycles. The van der Waals surface area contributed by atoms with Crippen LogP contribution in [0.25, 0.3) is 0 Å². The number of hydrogen-bond donors (Lipinski definition) is 1. The van der Waals surface area contributed by atoms with E-state index in [9.17, 15) is 8.78 Å². The topological polar surface area (TPSA) is 26.0 Å². The lowest BCUT2D eigenvalue weighted by atomic mass is 10.0. The second kappa shape index (κ2) is 3.01. The van der Waals surface area contributed by atoms with Crippen LogP contribution in [0.5, 0.6) is 0 Å². The fourth-order valence-corrected chi connectivity index (χ4v) is 2.17. The summed E-state index contributed by atoms with van der Waals surface area (Å²) < 4.78 is 26.9. The number of aryl methyl sites for hydroxylation is 1. The Morgan fingerprint density at radius 2 is 1.73 bits per heavy atom. The molecule has 1 nitrogen and oxygen atoms in total. The summed E-state index contributed by atoms with van der Waals surface area (Å²) in [4.78, 5) is 0. The van der Waals surface area contributed by atoms with Gasteiger partial charge in [0.05, 0.1) is 0 Å². The van der Waals surface area contributed by atoms with Gasteiger partial charge in [0.25, 0.3) is 0 Å². The quantitative estimate of drug-likeness (QED) is 0.759. The minimum absolute atomic E-state index is 0.0624. The Morgan fingerprint density at radius 3 is 2.20 bits per heavy atom. The summed E-state index contributed by atoms with van der Waals surface area (Å²) in [5, 5.41) is 0. The Hall–Kier alpha value is -0.960. The van der Waals surface area contributed by atoms with Gasteiger partial charge in [0.2, 0.25) is 0 Å². The van der Waals surface area contributed by atoms with E-state index in [1.807, 2.05) is 13.8 Å². The van der Waals surface area contributed by atoms with Gasteiger partial charge >= 0.3 is 0 Å². The first-order chi connectivity index (χ1) is 6.85. The first kappa shape index (κ1) is 10.6. The van der Waals surface area contributed by atoms with Gasteiger partial charge in [-0.05, 0) is 35.6 Å². The molecule has 1 aromatic rings. The van der Waals surface area contributed by atoms with E-state index in [-0.39, 0.29) is 29.0 Å². The molecule has 1 saturated carbocycles. The van der Waals surface area contributed by atoms with Crippen LogP contribution in [-0.4, -0.2) is 6.04 Å². The van der Waals surface area contributed by atoms with E-state index in [2.05, 4.69) is 0 Å². The van der Waals surface area contributed by atoms with Crippen LogP contribution in [0.1, 0.15) is 30.9 Å². The van der Waals surface area contributed by atoms with Gasteiger partial charge in [-0.15, -0.1) is 0 Å². The van der Waals surface area contributed by atoms with Gasteiger partial charge in [-0.3, -0.25) is 0 Å². The molecule has 0 unspecified atom stereocenters. The molecule has 0 saturated heterocycles. The fourth-order valence-electron chi connectivity index (χ4n) is 2.17. The summed E-state index contributed by atoms with van der Waals surface area (Å²) in [5.41, 5.74) is 6.47. The van der Waals surface area contributed by atoms with Crippen molar-refractivity contribution in [2.75, 3.05) is 0 Å². The lowest BCUT2D eigenvalue weighted by molar-refractivity contribution is 0.556. The van der Waals surface area contributed by atoms with Gasteiger partial charge in [-0.2, -0.15) is 0 Å². The smallest absolute Gasteiger partial charge is 0.127 e. The van der Waals surface area contributed by atoms with Crippen LogP contribution in [0.2, 0.25) is 0 Å². The van der Waals surface area contributed by atoms with Crippen molar-refractivity contribution in [2.24, 2.45) is 11.1 Å². The third-order valence-electron chi connectivity index (χ3n) is 3.52. The molecule has 0 radical (unpaired) electrons. The summed E-state index contributed by atoms with van der Waals surface area (Å²) in [6.45, 7) is 5.50. The maximum absolute atomic E-state index is 13.6. The van der Waals surface area contributed by atoms with Crippen molar-refractivity contribution >= 4 is 0 Å². The lowest BCUT2D eigenvalue weighted by Crippen LogP contribution is -2.06. The minimum atomic E-state index is -0.360. The third kappa shape index (κ3) is 1.46. The molecule has 1 fully saturated rings. The third-order valence-corrected chi connectivity index (χ3v) is 3.52. The van der Waals surface area contributed by atoms with E-state index in [1.165, 1.54) is 12.1 Å². The molecule has 3 heteroatoms. The zero-order valence-electron chi connectivity index (χ0n) is 9.14. The molecule has 0 bridgehead atoms. The van der Waals surface area contributed by atoms with E-state index < -0.39 is 0 Å². The molecule has 0 heterocycles. The summed E-state index contributed by atoms with van der Waals surface area (Å²) in [6.07, 6.45) is 0. The van der Waals surface area contributed by atoms with Crippen LogP contribution >= 0.6 is 0 Å². The highest BCUT2D eigenvalue weighted by molar-refractivity contribution is 5.37. The normalized spacial score (nSPS) is 27.9. The monoisotopic (exact) mass is 211 g/mol. The van der Waals surface area contributed by atoms with Crippen molar-refractivity contribution in [1.82, 2.24) is 0 Å². The molecule has 1 aromatic carbocycles. The maximum atomic E-state index is 13.6. The molecular weight excluding hydrogens is 196 g/mol. The molecular formula is C12H15F2N. The number of nitrogens with two attached hydrogens (primary N) is 1. The van der Waals surface area contributed by atoms with E-state index in [1.54, 1.807) is 6.92 Å². The van der Waals surface area contributed by atoms with Crippen LogP contribution in [0.4, 0.5) is 8.78 Å². The average Bonchev–Trinajstić information content (AvgIpc) is 2.60. The van der Waals surface area contributed by atoms with Gasteiger partial charge in [0.15, 0.2) is 0 Å². The highest BCUT2D eigenvalue weighted by Crippen LogP contribution is 2.57. The van der Waals surface area contributed by atoms with Gasteiger partial charge in [-0.1, -0.05) is 13.8 Å². The molecule has 2 atom stereocenters. The highest BCUT2D eigenvalue weighted by Gasteiger charge is 2.57. The largest absolute Gasteiger partial charge is 0.327 e. The van der Waals surface area contributed by atoms with Crippen molar-refractivity contribution < 1.29 is 8.78 Å². The van der Waals surface area contributed by atoms with Gasteiger partial charge in [0, 0.05) is 12.0 Å². The molecule has 0 aliphatic heterocycles. The first-order valence-corrected chi connectivity index (χ1v) is 5.07. The number of benzene rings is 1. The Labute approximate surface area is 88.3 Å². The Kier molecular flexibility index (Phi) is 2.12. The first-order valence-electron chi connectivity index (χ1n) is 5.07. The second-order valence-electron chi connectivity index (χ2n) is 4.95. The number of halogens is 2. The predicted molar refractivity (Wildman–Crippen MR) is 55.6 cm³/mol. The molecule has 0 aromatic heterocycles. The van der Waals surface area contributed by atoms with Crippen molar-refractivity contribution in [3.63, 3.8) is 0 Å². The van der Waals surface area contributed by atoms with Gasteiger partial charge in [0.1, 0.15) is 11.6 Å². The number of rotatable bonds is 1. The summed E-state index contributed by atoms with van der Waals surface area (Å²) in [6, 6.07) is 2.45. The fraction of sp³-hybridized carbons (Fsp3) is 0.500. The highest BCUT2D eigenvalue weighted by atomic mass is 19.1. The number of hydrogen-bond acceptors (Lipinski definition) is 1. The average molecular weight is 211 g/mol. The Balaban J connectivity index is 2.43. The Bertz CT molecular complexity index is 412. The van der Waals surface area contributed by atoms with Crippen molar-refractivity contribution in [2.45, 2.75) is 32.7 Å². The molecule has 0 spiro atoms. The van der Waals surface area contributed by atoms with Crippen molar-refractivity contribution in [3.05, 3.63) is 34.9 Å². The molecule has 1 aliphatic rings. The van der Waals surface area contributed by atoms with E-state index in [0.717, 1.165) is 0 Å². The molecule has 2 N–H and O–H groups in total. The molecule has 0 amide bonds. The molecule has 2 rings (SSSR count). The summed E-state index contributed by atoms with van der Waals surface area (Å²) in [7, 11) is 0. The minimum Gasteiger partial charge on any atom is -0.327 e. The molecule has 15 heavy (non-hydrogen) atoms. The second-order valence-corrected chi connectivity index (χ2v) is 4.95. The van der Waals surface area contributed by atoms with Crippen LogP contribution in [-0.2, 0) is 0 Å². The molecule has 82 valence electrons. The summed E-state index contributed by atoms with van der Waals surface area (Å²) >= 11 is 0. The van der Waals surface area contributed by atoms with Crippen LogP contribution in [0.3, 0.4) is 0 Å². The maximum Gasteiger partial charge on any atom is 0.127 e. The predicted octanol–water partition coefficient (Wildman–Crippen LogP) is 2.72. The zero-order chi connectivity index (χ0) is 11.4. The zero-order valence-corrected chi connectivity index (χ0v) is 9.14. The van der Waals surface area contributed by atoms with Gasteiger partial charge in [-0.25, -0.2) is 8.78 Å². The standard InChI is InChI=1S/C12H15F2N/c1-6-4-9(14)7(5-8(6)13)10-11(15)12(10,2)3/h4-5,10-11H,15H2,1-3H3/t10-,11-/m0/s1. The lowest BCUT2D eigenvalue weighted by Gasteiger charge is -2.06. The van der Waals surface area contributed by atoms with Crippen LogP contribution in [0.15, 0.2) is 12.1 Å². The van der Waals surface area contributed by atoms with Crippen molar-refractivity contribution in [3.8, 4) is 0 Å². The van der Waals surface area contributed by atoms with Crippen LogP contribution in [0, 0.1) is 24.0 Å². The summed E-state index contributed by atoms with van der Waals surface area (Å²) in [5.74, 6) is -0.770. The van der Waals surface area contributed by atoms with Gasteiger partial charge < -0.3 is 5.73 Å². The van der Waals surface area contributed by atoms with E-state index in [0.29, 0.717) is 11.1 Å². The van der Waals surface area contributed by atoms with E-state index >= 15 is 0 Å². The Morgan fingerprint density at radius 1 is 1.20 bits per heavy atom. The van der Waals surface area contributed by atoms with E-state index in [4.69, 9.17) is 5.73 Å². The SMILES string of the molecule is Cc1cc(F)c([C@H]2[C@H](N)C2(C)C)cc1F. The van der Waals surface area contributed by atoms with Crippen LogP contribution < -0.4 is 5.73 Å².